The fourth-order valence-electron chi connectivity index (χ4n) is 1.97. The average molecular weight is 303 g/mol. The van der Waals surface area contributed by atoms with Gasteiger partial charge in [-0.3, -0.25) is 19.8 Å². The molecule has 1 atom stereocenters. The number of carbonyl (C=O) groups excluding carboxylic acids is 1. The Kier molecular flexibility index (Phi) is 3.42. The molecule has 0 bridgehead atoms. The third kappa shape index (κ3) is 2.59. The second kappa shape index (κ2) is 4.78. The maximum Gasteiger partial charge on any atom is 0.307 e. The van der Waals surface area contributed by atoms with Crippen molar-refractivity contribution in [2.24, 2.45) is 0 Å². The number of carbonyl (C=O) groups is 1. The molecule has 1 aliphatic heterocycles. The number of aryl methyl sites for hydroxylation is 1. The number of nitro groups is 1. The zero-order valence-electron chi connectivity index (χ0n) is 10.3. The van der Waals surface area contributed by atoms with Crippen molar-refractivity contribution in [3.63, 3.8) is 0 Å². The minimum atomic E-state index is -4.81. The number of aromatic nitrogens is 1. The number of nitrogens with zero attached hydrogens (tertiary/aromatic N) is 3. The molecule has 0 spiro atoms. The van der Waals surface area contributed by atoms with Crippen LogP contribution in [0, 0.1) is 17.0 Å². The summed E-state index contributed by atoms with van der Waals surface area (Å²) < 4.78 is 34.5. The first-order chi connectivity index (χ1) is 9.20. The van der Waals surface area contributed by atoms with Crippen molar-refractivity contribution < 1.29 is 22.0 Å². The molecular formula is C10H10FN3O5S. The van der Waals surface area contributed by atoms with Crippen molar-refractivity contribution in [2.75, 3.05) is 11.4 Å². The third-order valence-corrected chi connectivity index (χ3v) is 4.12. The van der Waals surface area contributed by atoms with Gasteiger partial charge >= 0.3 is 10.2 Å². The summed E-state index contributed by atoms with van der Waals surface area (Å²) in [4.78, 5) is 26.6. The minimum Gasteiger partial charge on any atom is -0.295 e. The Balaban J connectivity index is 2.31. The van der Waals surface area contributed by atoms with Crippen molar-refractivity contribution in [2.45, 2.75) is 18.6 Å². The summed E-state index contributed by atoms with van der Waals surface area (Å²) in [5, 5.41) is 9.23. The van der Waals surface area contributed by atoms with E-state index in [1.807, 2.05) is 0 Å². The standard InChI is InChI=1S/C10H10FN3O5S/c1-6-8(14(16)17)2-3-9(12-6)13-5-7(4-10(13)15)20(11,18)19/h2-3,7H,4-5H2,1H3. The Labute approximate surface area is 113 Å². The maximum atomic E-state index is 12.9. The van der Waals surface area contributed by atoms with E-state index in [-0.39, 0.29) is 23.7 Å². The number of pyridine rings is 1. The Morgan fingerprint density at radius 1 is 1.50 bits per heavy atom. The fourth-order valence-corrected chi connectivity index (χ4v) is 2.64. The van der Waals surface area contributed by atoms with Crippen LogP contribution in [0.25, 0.3) is 0 Å². The monoisotopic (exact) mass is 303 g/mol. The Hall–Kier alpha value is -2.10. The van der Waals surface area contributed by atoms with Crippen LogP contribution in [0.15, 0.2) is 12.1 Å². The van der Waals surface area contributed by atoms with Crippen LogP contribution in [-0.4, -0.2) is 36.0 Å². The van der Waals surface area contributed by atoms with Gasteiger partial charge in [0.15, 0.2) is 0 Å². The number of halogens is 1. The van der Waals surface area contributed by atoms with Crippen LogP contribution >= 0.6 is 0 Å². The van der Waals surface area contributed by atoms with Gasteiger partial charge < -0.3 is 0 Å². The molecule has 10 heteroatoms. The molecule has 1 aromatic rings. The summed E-state index contributed by atoms with van der Waals surface area (Å²) >= 11 is 0. The van der Waals surface area contributed by atoms with Gasteiger partial charge in [0, 0.05) is 19.0 Å². The zero-order valence-corrected chi connectivity index (χ0v) is 11.1. The topological polar surface area (TPSA) is 110 Å². The molecule has 20 heavy (non-hydrogen) atoms. The van der Waals surface area contributed by atoms with E-state index < -0.39 is 32.7 Å². The van der Waals surface area contributed by atoms with Crippen molar-refractivity contribution in [1.29, 1.82) is 0 Å². The second-order valence-corrected chi connectivity index (χ2v) is 5.95. The van der Waals surface area contributed by atoms with Gasteiger partial charge in [0.25, 0.3) is 5.69 Å². The van der Waals surface area contributed by atoms with Gasteiger partial charge in [-0.25, -0.2) is 4.98 Å². The molecule has 1 amide bonds. The number of amides is 1. The van der Waals surface area contributed by atoms with E-state index in [9.17, 15) is 27.2 Å². The van der Waals surface area contributed by atoms with E-state index in [1.165, 1.54) is 19.1 Å². The highest BCUT2D eigenvalue weighted by atomic mass is 32.3. The van der Waals surface area contributed by atoms with Gasteiger partial charge in [-0.1, -0.05) is 0 Å². The highest BCUT2D eigenvalue weighted by Crippen LogP contribution is 2.26. The van der Waals surface area contributed by atoms with Gasteiger partial charge in [-0.2, -0.15) is 8.42 Å². The van der Waals surface area contributed by atoms with Gasteiger partial charge in [-0.15, -0.1) is 3.89 Å². The molecule has 0 N–H and O–H groups in total. The van der Waals surface area contributed by atoms with Crippen LogP contribution in [0.4, 0.5) is 15.4 Å². The molecule has 2 rings (SSSR count). The molecule has 1 aromatic heterocycles. The predicted octanol–water partition coefficient (Wildman–Crippen LogP) is 0.703. The normalized spacial score (nSPS) is 19.4. The lowest BCUT2D eigenvalue weighted by Gasteiger charge is -2.15. The van der Waals surface area contributed by atoms with Crippen LogP contribution in [-0.2, 0) is 15.0 Å². The van der Waals surface area contributed by atoms with E-state index in [4.69, 9.17) is 0 Å². The summed E-state index contributed by atoms with van der Waals surface area (Å²) in [6.45, 7) is 1.05. The largest absolute Gasteiger partial charge is 0.307 e. The first kappa shape index (κ1) is 14.3. The molecule has 108 valence electrons. The first-order valence-corrected chi connectivity index (χ1v) is 7.00. The summed E-state index contributed by atoms with van der Waals surface area (Å²) in [6, 6.07) is 2.40. The Morgan fingerprint density at radius 3 is 2.60 bits per heavy atom. The lowest BCUT2D eigenvalue weighted by Crippen LogP contribution is -2.27. The molecule has 0 aromatic carbocycles. The van der Waals surface area contributed by atoms with E-state index in [0.717, 1.165) is 4.90 Å². The first-order valence-electron chi connectivity index (χ1n) is 5.56. The molecule has 0 saturated carbocycles. The second-order valence-electron chi connectivity index (χ2n) is 4.34. The van der Waals surface area contributed by atoms with Gasteiger partial charge in [0.1, 0.15) is 16.8 Å². The van der Waals surface area contributed by atoms with Gasteiger partial charge in [-0.05, 0) is 13.0 Å². The van der Waals surface area contributed by atoms with Crippen LogP contribution in [0.1, 0.15) is 12.1 Å². The molecule has 1 saturated heterocycles. The molecule has 1 unspecified atom stereocenters. The van der Waals surface area contributed by atoms with Crippen LogP contribution < -0.4 is 4.90 Å². The van der Waals surface area contributed by atoms with E-state index in [1.54, 1.807) is 0 Å². The highest BCUT2D eigenvalue weighted by Gasteiger charge is 2.39. The summed E-state index contributed by atoms with van der Waals surface area (Å²) in [5.74, 6) is -0.513. The number of anilines is 1. The summed E-state index contributed by atoms with van der Waals surface area (Å²) in [7, 11) is -4.81. The zero-order chi connectivity index (χ0) is 15.1. The molecule has 2 heterocycles. The Morgan fingerprint density at radius 2 is 2.15 bits per heavy atom. The third-order valence-electron chi connectivity index (χ3n) is 3.00. The van der Waals surface area contributed by atoms with Crippen LogP contribution in [0.2, 0.25) is 0 Å². The van der Waals surface area contributed by atoms with Gasteiger partial charge in [0.05, 0.1) is 4.92 Å². The molecular weight excluding hydrogens is 293 g/mol. The molecule has 1 aliphatic rings. The van der Waals surface area contributed by atoms with E-state index in [0.29, 0.717) is 0 Å². The highest BCUT2D eigenvalue weighted by molar-refractivity contribution is 7.87. The van der Waals surface area contributed by atoms with Crippen molar-refractivity contribution in [3.8, 4) is 0 Å². The molecule has 1 fully saturated rings. The van der Waals surface area contributed by atoms with Crippen LogP contribution in [0.5, 0.6) is 0 Å². The van der Waals surface area contributed by atoms with Crippen molar-refractivity contribution in [1.82, 2.24) is 4.98 Å². The number of rotatable bonds is 3. The lowest BCUT2D eigenvalue weighted by molar-refractivity contribution is -0.385. The number of hydrogen-bond donors (Lipinski definition) is 0. The van der Waals surface area contributed by atoms with Crippen molar-refractivity contribution >= 4 is 27.6 Å². The summed E-state index contributed by atoms with van der Waals surface area (Å²) in [5.41, 5.74) is -0.123. The fraction of sp³-hybridized carbons (Fsp3) is 0.400. The predicted molar refractivity (Wildman–Crippen MR) is 66.4 cm³/mol. The quantitative estimate of drug-likeness (QED) is 0.462. The molecule has 0 radical (unpaired) electrons. The van der Waals surface area contributed by atoms with E-state index in [2.05, 4.69) is 4.98 Å². The van der Waals surface area contributed by atoms with Crippen molar-refractivity contribution in [3.05, 3.63) is 27.9 Å². The average Bonchev–Trinajstić information content (AvgIpc) is 2.70. The van der Waals surface area contributed by atoms with E-state index >= 15 is 0 Å². The SMILES string of the molecule is Cc1nc(N2CC(S(=O)(=O)F)CC2=O)ccc1[N+](=O)[O-]. The van der Waals surface area contributed by atoms with Crippen LogP contribution in [0.3, 0.4) is 0 Å². The van der Waals surface area contributed by atoms with Gasteiger partial charge in [0.2, 0.25) is 5.91 Å². The summed E-state index contributed by atoms with van der Waals surface area (Å²) in [6.07, 6.45) is -0.462. The smallest absolute Gasteiger partial charge is 0.295 e. The number of hydrogen-bond acceptors (Lipinski definition) is 6. The lowest BCUT2D eigenvalue weighted by atomic mass is 10.3. The minimum absolute atomic E-state index is 0.0734. The molecule has 8 nitrogen and oxygen atoms in total. The maximum absolute atomic E-state index is 12.9. The molecule has 0 aliphatic carbocycles. The Bertz CT molecular complexity index is 690.